The fraction of sp³-hybridized carbons (Fsp3) is 0.111. The van der Waals surface area contributed by atoms with E-state index in [-0.39, 0.29) is 0 Å². The number of halogens is 2. The summed E-state index contributed by atoms with van der Waals surface area (Å²) >= 11 is 11.4. The molecule has 14 heavy (non-hydrogen) atoms. The highest BCUT2D eigenvalue weighted by atomic mass is 35.5. The molecule has 0 saturated carbocycles. The van der Waals surface area contributed by atoms with Gasteiger partial charge in [-0.05, 0) is 11.6 Å². The lowest BCUT2D eigenvalue weighted by Crippen LogP contribution is -1.99. The van der Waals surface area contributed by atoms with Gasteiger partial charge in [-0.1, -0.05) is 29.3 Å². The van der Waals surface area contributed by atoms with Crippen molar-refractivity contribution in [3.63, 3.8) is 0 Å². The van der Waals surface area contributed by atoms with E-state index in [1.807, 2.05) is 6.07 Å². The molecule has 2 aromatic rings. The van der Waals surface area contributed by atoms with E-state index < -0.39 is 0 Å². The van der Waals surface area contributed by atoms with E-state index in [9.17, 15) is 0 Å². The highest BCUT2D eigenvalue weighted by Gasteiger charge is 1.98. The van der Waals surface area contributed by atoms with Crippen LogP contribution in [0.25, 0.3) is 0 Å². The molecular weight excluding hydrogens is 221 g/mol. The largest absolute Gasteiger partial charge is 0.267 e. The predicted molar refractivity (Wildman–Crippen MR) is 55.6 cm³/mol. The minimum Gasteiger partial charge on any atom is -0.267 e. The molecule has 0 aliphatic rings. The van der Waals surface area contributed by atoms with Crippen LogP contribution in [0.4, 0.5) is 0 Å². The summed E-state index contributed by atoms with van der Waals surface area (Å²) in [5.41, 5.74) is 1.04. The van der Waals surface area contributed by atoms with Crippen LogP contribution >= 0.6 is 23.2 Å². The first kappa shape index (κ1) is 9.49. The molecule has 0 radical (unpaired) electrons. The van der Waals surface area contributed by atoms with Crippen LogP contribution in [0.5, 0.6) is 0 Å². The molecule has 0 saturated heterocycles. The third-order valence-electron chi connectivity index (χ3n) is 1.73. The molecule has 5 heteroatoms. The van der Waals surface area contributed by atoms with Crippen LogP contribution in [0.1, 0.15) is 5.56 Å². The van der Waals surface area contributed by atoms with Gasteiger partial charge in [0.2, 0.25) is 0 Å². The third-order valence-corrected chi connectivity index (χ3v) is 2.15. The molecular formula is C9H7Cl2N3. The van der Waals surface area contributed by atoms with Gasteiger partial charge < -0.3 is 0 Å². The average Bonchev–Trinajstić information content (AvgIpc) is 2.56. The average molecular weight is 228 g/mol. The number of hydrogen-bond acceptors (Lipinski definition) is 2. The standard InChI is InChI=1S/C9H7Cl2N3/c10-8-4-13-14(6-8)5-7-1-2-9(11)12-3-7/h1-4,6H,5H2. The second-order valence-corrected chi connectivity index (χ2v) is 3.67. The Kier molecular flexibility index (Phi) is 2.70. The number of rotatable bonds is 2. The minimum absolute atomic E-state index is 0.493. The first-order valence-corrected chi connectivity index (χ1v) is 4.78. The molecule has 0 aliphatic carbocycles. The summed E-state index contributed by atoms with van der Waals surface area (Å²) in [6.07, 6.45) is 5.08. The van der Waals surface area contributed by atoms with Gasteiger partial charge in [-0.3, -0.25) is 4.68 Å². The fourth-order valence-electron chi connectivity index (χ4n) is 1.11. The van der Waals surface area contributed by atoms with Crippen molar-refractivity contribution in [1.29, 1.82) is 0 Å². The molecule has 72 valence electrons. The third kappa shape index (κ3) is 2.25. The number of hydrogen-bond donors (Lipinski definition) is 0. The Morgan fingerprint density at radius 2 is 2.07 bits per heavy atom. The summed E-state index contributed by atoms with van der Waals surface area (Å²) in [6.45, 7) is 0.650. The van der Waals surface area contributed by atoms with Crippen LogP contribution < -0.4 is 0 Å². The molecule has 2 rings (SSSR count). The van der Waals surface area contributed by atoms with Gasteiger partial charge in [-0.15, -0.1) is 0 Å². The van der Waals surface area contributed by atoms with Crippen molar-refractivity contribution in [2.75, 3.05) is 0 Å². The van der Waals surface area contributed by atoms with Crippen LogP contribution in [0.15, 0.2) is 30.7 Å². The lowest BCUT2D eigenvalue weighted by Gasteiger charge is -2.00. The quantitative estimate of drug-likeness (QED) is 0.739. The molecule has 0 bridgehead atoms. The van der Waals surface area contributed by atoms with Gasteiger partial charge in [0.25, 0.3) is 0 Å². The summed E-state index contributed by atoms with van der Waals surface area (Å²) < 4.78 is 1.74. The van der Waals surface area contributed by atoms with Gasteiger partial charge in [-0.2, -0.15) is 5.10 Å². The zero-order valence-corrected chi connectivity index (χ0v) is 8.70. The monoisotopic (exact) mass is 227 g/mol. The van der Waals surface area contributed by atoms with Crippen LogP contribution in [-0.4, -0.2) is 14.8 Å². The van der Waals surface area contributed by atoms with E-state index in [0.29, 0.717) is 16.7 Å². The van der Waals surface area contributed by atoms with E-state index in [2.05, 4.69) is 10.1 Å². The number of aromatic nitrogens is 3. The molecule has 2 aromatic heterocycles. The lowest BCUT2D eigenvalue weighted by atomic mass is 10.3. The Morgan fingerprint density at radius 3 is 2.64 bits per heavy atom. The van der Waals surface area contributed by atoms with Crippen LogP contribution in [-0.2, 0) is 6.54 Å². The molecule has 0 N–H and O–H groups in total. The van der Waals surface area contributed by atoms with Crippen molar-refractivity contribution >= 4 is 23.2 Å². The zero-order chi connectivity index (χ0) is 9.97. The Balaban J connectivity index is 2.15. The normalized spacial score (nSPS) is 10.4. The highest BCUT2D eigenvalue weighted by Crippen LogP contribution is 2.09. The second kappa shape index (κ2) is 3.98. The smallest absolute Gasteiger partial charge is 0.129 e. The molecule has 0 spiro atoms. The van der Waals surface area contributed by atoms with E-state index in [1.54, 1.807) is 29.3 Å². The number of nitrogens with zero attached hydrogens (tertiary/aromatic N) is 3. The van der Waals surface area contributed by atoms with Crippen molar-refractivity contribution in [3.8, 4) is 0 Å². The Bertz CT molecular complexity index is 422. The maximum Gasteiger partial charge on any atom is 0.129 e. The first-order valence-electron chi connectivity index (χ1n) is 4.02. The van der Waals surface area contributed by atoms with Crippen molar-refractivity contribution < 1.29 is 0 Å². The summed E-state index contributed by atoms with van der Waals surface area (Å²) in [4.78, 5) is 3.97. The van der Waals surface area contributed by atoms with E-state index >= 15 is 0 Å². The van der Waals surface area contributed by atoms with Crippen molar-refractivity contribution in [2.24, 2.45) is 0 Å². The van der Waals surface area contributed by atoms with Crippen LogP contribution in [0.2, 0.25) is 10.2 Å². The van der Waals surface area contributed by atoms with Crippen molar-refractivity contribution in [3.05, 3.63) is 46.5 Å². The molecule has 0 atom stereocenters. The summed E-state index contributed by atoms with van der Waals surface area (Å²) in [5, 5.41) is 5.18. The zero-order valence-electron chi connectivity index (χ0n) is 7.19. The Morgan fingerprint density at radius 1 is 1.21 bits per heavy atom. The Hall–Kier alpha value is -1.06. The van der Waals surface area contributed by atoms with E-state index in [0.717, 1.165) is 5.56 Å². The molecule has 0 unspecified atom stereocenters. The Labute approximate surface area is 91.3 Å². The van der Waals surface area contributed by atoms with Crippen molar-refractivity contribution in [2.45, 2.75) is 6.54 Å². The summed E-state index contributed by atoms with van der Waals surface area (Å²) in [5.74, 6) is 0. The van der Waals surface area contributed by atoms with Crippen LogP contribution in [0, 0.1) is 0 Å². The number of pyridine rings is 1. The van der Waals surface area contributed by atoms with Gasteiger partial charge in [-0.25, -0.2) is 4.98 Å². The van der Waals surface area contributed by atoms with Gasteiger partial charge in [0.1, 0.15) is 5.15 Å². The molecule has 0 amide bonds. The maximum absolute atomic E-state index is 5.73. The molecule has 3 nitrogen and oxygen atoms in total. The van der Waals surface area contributed by atoms with Gasteiger partial charge >= 0.3 is 0 Å². The molecule has 0 aromatic carbocycles. The molecule has 2 heterocycles. The van der Waals surface area contributed by atoms with Crippen molar-refractivity contribution in [1.82, 2.24) is 14.8 Å². The summed E-state index contributed by atoms with van der Waals surface area (Å²) in [7, 11) is 0. The van der Waals surface area contributed by atoms with Gasteiger partial charge in [0, 0.05) is 12.4 Å². The van der Waals surface area contributed by atoms with Gasteiger partial charge in [0.05, 0.1) is 17.8 Å². The summed E-state index contributed by atoms with van der Waals surface area (Å²) in [6, 6.07) is 3.66. The van der Waals surface area contributed by atoms with E-state index in [4.69, 9.17) is 23.2 Å². The minimum atomic E-state index is 0.493. The highest BCUT2D eigenvalue weighted by molar-refractivity contribution is 6.30. The van der Waals surface area contributed by atoms with Crippen LogP contribution in [0.3, 0.4) is 0 Å². The van der Waals surface area contributed by atoms with E-state index in [1.165, 1.54) is 0 Å². The molecule has 0 fully saturated rings. The second-order valence-electron chi connectivity index (χ2n) is 2.85. The van der Waals surface area contributed by atoms with Gasteiger partial charge in [0.15, 0.2) is 0 Å². The predicted octanol–water partition coefficient (Wildman–Crippen LogP) is 2.63. The molecule has 0 aliphatic heterocycles. The fourth-order valence-corrected chi connectivity index (χ4v) is 1.38. The lowest BCUT2D eigenvalue weighted by molar-refractivity contribution is 0.685. The first-order chi connectivity index (χ1) is 6.74. The topological polar surface area (TPSA) is 30.7 Å². The SMILES string of the molecule is Clc1cnn(Cc2ccc(Cl)nc2)c1. The maximum atomic E-state index is 5.73.